The minimum atomic E-state index is 0.0389. The van der Waals surface area contributed by atoms with Gasteiger partial charge in [0.05, 0.1) is 6.10 Å². The molecule has 0 bridgehead atoms. The van der Waals surface area contributed by atoms with E-state index in [2.05, 4.69) is 25.1 Å². The Bertz CT molecular complexity index is 354. The van der Waals surface area contributed by atoms with Crippen LogP contribution < -0.4 is 10.5 Å². The molecule has 88 valence electrons. The first-order chi connectivity index (χ1) is 7.66. The van der Waals surface area contributed by atoms with Crippen LogP contribution in [0, 0.1) is 6.92 Å². The summed E-state index contributed by atoms with van der Waals surface area (Å²) in [5.41, 5.74) is 8.32. The van der Waals surface area contributed by atoms with Crippen molar-refractivity contribution in [3.05, 3.63) is 29.3 Å². The molecule has 0 saturated heterocycles. The molecule has 0 unspecified atom stereocenters. The molecule has 0 radical (unpaired) electrons. The number of benzene rings is 1. The molecule has 0 aromatic heterocycles. The number of hydrogen-bond acceptors (Lipinski definition) is 2. The summed E-state index contributed by atoms with van der Waals surface area (Å²) in [5, 5.41) is 0. The van der Waals surface area contributed by atoms with Gasteiger partial charge in [-0.3, -0.25) is 0 Å². The minimum absolute atomic E-state index is 0.0389. The zero-order valence-corrected chi connectivity index (χ0v) is 10.2. The molecule has 0 spiro atoms. The van der Waals surface area contributed by atoms with E-state index in [9.17, 15) is 0 Å². The van der Waals surface area contributed by atoms with Gasteiger partial charge in [-0.2, -0.15) is 0 Å². The molecule has 2 nitrogen and oxygen atoms in total. The van der Waals surface area contributed by atoms with Gasteiger partial charge < -0.3 is 10.5 Å². The first-order valence-electron chi connectivity index (χ1n) is 6.19. The molecule has 1 aliphatic carbocycles. The lowest BCUT2D eigenvalue weighted by molar-refractivity contribution is 0.207. The summed E-state index contributed by atoms with van der Waals surface area (Å²) < 4.78 is 6.07. The molecule has 16 heavy (non-hydrogen) atoms. The predicted octanol–water partition coefficient (Wildman–Crippen LogP) is 3.34. The quantitative estimate of drug-likeness (QED) is 0.846. The summed E-state index contributed by atoms with van der Waals surface area (Å²) in [5.74, 6) is 0.988. The van der Waals surface area contributed by atoms with Gasteiger partial charge in [0.25, 0.3) is 0 Å². The molecule has 2 heteroatoms. The van der Waals surface area contributed by atoms with Gasteiger partial charge in [0.15, 0.2) is 0 Å². The van der Waals surface area contributed by atoms with Gasteiger partial charge in [0, 0.05) is 11.6 Å². The van der Waals surface area contributed by atoms with E-state index in [1.807, 2.05) is 6.92 Å². The third-order valence-corrected chi connectivity index (χ3v) is 3.26. The van der Waals surface area contributed by atoms with Crippen LogP contribution >= 0.6 is 0 Å². The lowest BCUT2D eigenvalue weighted by Gasteiger charge is -2.18. The molecule has 1 saturated carbocycles. The Morgan fingerprint density at radius 2 is 2.00 bits per heavy atom. The highest BCUT2D eigenvalue weighted by Crippen LogP contribution is 2.30. The van der Waals surface area contributed by atoms with Crippen LogP contribution in [0.4, 0.5) is 0 Å². The second-order valence-electron chi connectivity index (χ2n) is 4.85. The molecule has 1 atom stereocenters. The molecule has 2 N–H and O–H groups in total. The maximum absolute atomic E-state index is 6.07. The Labute approximate surface area is 97.8 Å². The SMILES string of the molecule is Cc1ccc([C@@H](C)N)c(OC2CCCC2)c1. The lowest BCUT2D eigenvalue weighted by atomic mass is 10.1. The first-order valence-corrected chi connectivity index (χ1v) is 6.19. The number of nitrogens with two attached hydrogens (primary N) is 1. The van der Waals surface area contributed by atoms with Crippen molar-refractivity contribution in [1.82, 2.24) is 0 Å². The van der Waals surface area contributed by atoms with E-state index in [4.69, 9.17) is 10.5 Å². The molecule has 1 aliphatic rings. The molecule has 0 amide bonds. The Kier molecular flexibility index (Phi) is 3.49. The normalized spacial score (nSPS) is 18.7. The van der Waals surface area contributed by atoms with Crippen molar-refractivity contribution in [2.45, 2.75) is 51.7 Å². The zero-order valence-electron chi connectivity index (χ0n) is 10.2. The van der Waals surface area contributed by atoms with E-state index in [0.29, 0.717) is 6.10 Å². The number of hydrogen-bond donors (Lipinski definition) is 1. The summed E-state index contributed by atoms with van der Waals surface area (Å²) in [6.07, 6.45) is 5.37. The van der Waals surface area contributed by atoms with Crippen molar-refractivity contribution in [3.63, 3.8) is 0 Å². The Morgan fingerprint density at radius 1 is 1.31 bits per heavy atom. The smallest absolute Gasteiger partial charge is 0.124 e. The molecule has 2 rings (SSSR count). The van der Waals surface area contributed by atoms with E-state index in [0.717, 1.165) is 11.3 Å². The number of aryl methyl sites for hydroxylation is 1. The third kappa shape index (κ3) is 2.56. The van der Waals surface area contributed by atoms with Crippen molar-refractivity contribution in [2.24, 2.45) is 5.73 Å². The van der Waals surface area contributed by atoms with Crippen LogP contribution in [0.1, 0.15) is 49.8 Å². The Hall–Kier alpha value is -1.02. The predicted molar refractivity (Wildman–Crippen MR) is 66.7 cm³/mol. The largest absolute Gasteiger partial charge is 0.490 e. The Balaban J connectivity index is 2.19. The fraction of sp³-hybridized carbons (Fsp3) is 0.571. The summed E-state index contributed by atoms with van der Waals surface area (Å²) >= 11 is 0. The van der Waals surface area contributed by atoms with Gasteiger partial charge in [-0.25, -0.2) is 0 Å². The minimum Gasteiger partial charge on any atom is -0.490 e. The van der Waals surface area contributed by atoms with Crippen molar-refractivity contribution in [2.75, 3.05) is 0 Å². The molecule has 0 heterocycles. The van der Waals surface area contributed by atoms with Crippen molar-refractivity contribution in [3.8, 4) is 5.75 Å². The topological polar surface area (TPSA) is 35.2 Å². The van der Waals surface area contributed by atoms with Crippen molar-refractivity contribution in [1.29, 1.82) is 0 Å². The summed E-state index contributed by atoms with van der Waals surface area (Å²) in [6.45, 7) is 4.10. The first kappa shape index (κ1) is 11.5. The zero-order chi connectivity index (χ0) is 11.5. The fourth-order valence-corrected chi connectivity index (χ4v) is 2.31. The molecule has 1 aromatic carbocycles. The van der Waals surface area contributed by atoms with Crippen LogP contribution in [0.5, 0.6) is 5.75 Å². The number of ether oxygens (including phenoxy) is 1. The van der Waals surface area contributed by atoms with Crippen LogP contribution in [0.15, 0.2) is 18.2 Å². The standard InChI is InChI=1S/C14H21NO/c1-10-7-8-13(11(2)15)14(9-10)16-12-5-3-4-6-12/h7-9,11-12H,3-6,15H2,1-2H3/t11-/m1/s1. The van der Waals surface area contributed by atoms with E-state index < -0.39 is 0 Å². The van der Waals surface area contributed by atoms with Gasteiger partial charge in [-0.1, -0.05) is 12.1 Å². The van der Waals surface area contributed by atoms with Crippen LogP contribution in [0.3, 0.4) is 0 Å². The van der Waals surface area contributed by atoms with Crippen LogP contribution in [0.25, 0.3) is 0 Å². The van der Waals surface area contributed by atoms with Gasteiger partial charge >= 0.3 is 0 Å². The highest BCUT2D eigenvalue weighted by Gasteiger charge is 2.18. The van der Waals surface area contributed by atoms with Crippen LogP contribution in [-0.4, -0.2) is 6.10 Å². The molecular formula is C14H21NO. The van der Waals surface area contributed by atoms with Crippen molar-refractivity contribution >= 4 is 0 Å². The average molecular weight is 219 g/mol. The van der Waals surface area contributed by atoms with E-state index in [1.165, 1.54) is 31.2 Å². The summed E-state index contributed by atoms with van der Waals surface area (Å²) in [4.78, 5) is 0. The monoisotopic (exact) mass is 219 g/mol. The summed E-state index contributed by atoms with van der Waals surface area (Å²) in [6, 6.07) is 6.33. The molecule has 1 fully saturated rings. The van der Waals surface area contributed by atoms with Crippen LogP contribution in [0.2, 0.25) is 0 Å². The second-order valence-corrected chi connectivity index (χ2v) is 4.85. The highest BCUT2D eigenvalue weighted by atomic mass is 16.5. The van der Waals surface area contributed by atoms with E-state index in [-0.39, 0.29) is 6.04 Å². The third-order valence-electron chi connectivity index (χ3n) is 3.26. The van der Waals surface area contributed by atoms with Gasteiger partial charge in [-0.05, 0) is 51.2 Å². The Morgan fingerprint density at radius 3 is 2.62 bits per heavy atom. The molecular weight excluding hydrogens is 198 g/mol. The fourth-order valence-electron chi connectivity index (χ4n) is 2.31. The highest BCUT2D eigenvalue weighted by molar-refractivity contribution is 5.39. The van der Waals surface area contributed by atoms with E-state index >= 15 is 0 Å². The van der Waals surface area contributed by atoms with Gasteiger partial charge in [-0.15, -0.1) is 0 Å². The number of rotatable bonds is 3. The van der Waals surface area contributed by atoms with Crippen LogP contribution in [-0.2, 0) is 0 Å². The van der Waals surface area contributed by atoms with E-state index in [1.54, 1.807) is 0 Å². The lowest BCUT2D eigenvalue weighted by Crippen LogP contribution is -2.15. The second kappa shape index (κ2) is 4.88. The summed E-state index contributed by atoms with van der Waals surface area (Å²) in [7, 11) is 0. The van der Waals surface area contributed by atoms with Crippen molar-refractivity contribution < 1.29 is 4.74 Å². The maximum atomic E-state index is 6.07. The average Bonchev–Trinajstić information content (AvgIpc) is 2.70. The molecule has 1 aromatic rings. The maximum Gasteiger partial charge on any atom is 0.124 e. The van der Waals surface area contributed by atoms with Gasteiger partial charge in [0.1, 0.15) is 5.75 Å². The molecule has 0 aliphatic heterocycles. The van der Waals surface area contributed by atoms with Gasteiger partial charge in [0.2, 0.25) is 0 Å².